The van der Waals surface area contributed by atoms with Gasteiger partial charge >= 0.3 is 0 Å². The van der Waals surface area contributed by atoms with Crippen LogP contribution in [-0.4, -0.2) is 18.0 Å². The third-order valence-electron chi connectivity index (χ3n) is 8.07. The lowest BCUT2D eigenvalue weighted by Gasteiger charge is -2.43. The molecule has 174 valence electrons. The van der Waals surface area contributed by atoms with Crippen molar-refractivity contribution in [3.8, 4) is 0 Å². The molecule has 0 spiro atoms. The average molecular weight is 478 g/mol. The smallest absolute Gasteiger partial charge is 0.190 e. The summed E-state index contributed by atoms with van der Waals surface area (Å²) >= 11 is 0. The van der Waals surface area contributed by atoms with E-state index in [1.165, 1.54) is 0 Å². The van der Waals surface area contributed by atoms with Gasteiger partial charge in [0, 0.05) is 23.7 Å². The molecule has 0 bridgehead atoms. The van der Waals surface area contributed by atoms with Crippen molar-refractivity contribution in [2.75, 3.05) is 7.05 Å². The van der Waals surface area contributed by atoms with Crippen LogP contribution in [0, 0.1) is 5.92 Å². The van der Waals surface area contributed by atoms with Crippen LogP contribution in [0.2, 0.25) is 0 Å². The summed E-state index contributed by atoms with van der Waals surface area (Å²) in [6.07, 6.45) is 6.32. The van der Waals surface area contributed by atoms with Crippen molar-refractivity contribution < 1.29 is 9.36 Å². The molecule has 0 saturated carbocycles. The molecule has 35 heavy (non-hydrogen) atoms. The summed E-state index contributed by atoms with van der Waals surface area (Å²) in [7, 11) is -1.26. The van der Waals surface area contributed by atoms with E-state index in [1.54, 1.807) is 0 Å². The SMILES string of the molecule is CN1[C@@H](c2ccccc2)[C@H]2C=Cc3ccccc3[C@@]2(CCC=O)P1(=O)c1cccc2ccccc12. The number of benzene rings is 4. The van der Waals surface area contributed by atoms with Crippen LogP contribution < -0.4 is 5.30 Å². The Morgan fingerprint density at radius 2 is 1.60 bits per heavy atom. The Kier molecular flexibility index (Phi) is 5.36. The van der Waals surface area contributed by atoms with Crippen LogP contribution in [-0.2, 0) is 14.5 Å². The van der Waals surface area contributed by atoms with Crippen LogP contribution in [0.15, 0.2) is 103 Å². The molecule has 1 aliphatic carbocycles. The van der Waals surface area contributed by atoms with Crippen molar-refractivity contribution in [2.45, 2.75) is 24.0 Å². The molecule has 6 rings (SSSR count). The first-order chi connectivity index (χ1) is 17.1. The fraction of sp³-hybridized carbons (Fsp3) is 0.194. The molecule has 3 nitrogen and oxygen atoms in total. The van der Waals surface area contributed by atoms with E-state index < -0.39 is 12.4 Å². The Hall–Kier alpha value is -3.26. The monoisotopic (exact) mass is 477 g/mol. The minimum absolute atomic E-state index is 0.0328. The molecule has 2 aliphatic rings. The predicted octanol–water partition coefficient (Wildman–Crippen LogP) is 6.95. The zero-order chi connectivity index (χ0) is 24.0. The maximum absolute atomic E-state index is 16.1. The van der Waals surface area contributed by atoms with Crippen LogP contribution in [0.4, 0.5) is 0 Å². The summed E-state index contributed by atoms with van der Waals surface area (Å²) in [6, 6.07) is 33.0. The lowest BCUT2D eigenvalue weighted by Crippen LogP contribution is -2.37. The van der Waals surface area contributed by atoms with E-state index in [-0.39, 0.29) is 12.0 Å². The van der Waals surface area contributed by atoms with Crippen LogP contribution in [0.3, 0.4) is 0 Å². The maximum Gasteiger partial charge on any atom is 0.190 e. The first-order valence-electron chi connectivity index (χ1n) is 12.2. The molecular formula is C31H28NO2P. The zero-order valence-corrected chi connectivity index (χ0v) is 20.6. The highest BCUT2D eigenvalue weighted by Gasteiger charge is 2.66. The second kappa shape index (κ2) is 8.45. The van der Waals surface area contributed by atoms with Crippen molar-refractivity contribution in [2.24, 2.45) is 5.92 Å². The first-order valence-corrected chi connectivity index (χ1v) is 13.9. The van der Waals surface area contributed by atoms with E-state index in [1.807, 2.05) is 49.5 Å². The van der Waals surface area contributed by atoms with Crippen molar-refractivity contribution in [1.82, 2.24) is 4.67 Å². The van der Waals surface area contributed by atoms with Gasteiger partial charge in [0.25, 0.3) is 0 Å². The summed E-state index contributed by atoms with van der Waals surface area (Å²) in [6.45, 7) is 0. The first kappa shape index (κ1) is 22.2. The lowest BCUT2D eigenvalue weighted by molar-refractivity contribution is -0.108. The number of hydrogen-bond donors (Lipinski definition) is 0. The maximum atomic E-state index is 16.1. The van der Waals surface area contributed by atoms with E-state index in [4.69, 9.17) is 0 Å². The predicted molar refractivity (Wildman–Crippen MR) is 144 cm³/mol. The van der Waals surface area contributed by atoms with Gasteiger partial charge in [0.1, 0.15) is 6.29 Å². The van der Waals surface area contributed by atoms with E-state index in [0.29, 0.717) is 12.8 Å². The van der Waals surface area contributed by atoms with Crippen LogP contribution in [0.25, 0.3) is 16.8 Å². The molecule has 4 heteroatoms. The molecule has 0 radical (unpaired) electrons. The number of aldehydes is 1. The molecule has 4 aromatic rings. The average Bonchev–Trinajstić information content (AvgIpc) is 3.12. The molecule has 0 amide bonds. The normalized spacial score (nSPS) is 27.5. The molecule has 0 N–H and O–H groups in total. The van der Waals surface area contributed by atoms with Crippen molar-refractivity contribution in [1.29, 1.82) is 0 Å². The topological polar surface area (TPSA) is 37.4 Å². The highest BCUT2D eigenvalue weighted by Crippen LogP contribution is 2.79. The van der Waals surface area contributed by atoms with Gasteiger partial charge in [0.15, 0.2) is 7.29 Å². The van der Waals surface area contributed by atoms with Crippen molar-refractivity contribution in [3.63, 3.8) is 0 Å². The van der Waals surface area contributed by atoms with Crippen LogP contribution >= 0.6 is 7.29 Å². The Morgan fingerprint density at radius 1 is 0.886 bits per heavy atom. The van der Waals surface area contributed by atoms with Gasteiger partial charge in [0.05, 0.1) is 5.16 Å². The largest absolute Gasteiger partial charge is 0.303 e. The van der Waals surface area contributed by atoms with Gasteiger partial charge in [-0.2, -0.15) is 0 Å². The van der Waals surface area contributed by atoms with Gasteiger partial charge in [-0.15, -0.1) is 0 Å². The molecule has 1 saturated heterocycles. The molecule has 4 aromatic carbocycles. The Labute approximate surface area is 206 Å². The Balaban J connectivity index is 1.73. The van der Waals surface area contributed by atoms with Crippen LogP contribution in [0.5, 0.6) is 0 Å². The summed E-state index contributed by atoms with van der Waals surface area (Å²) in [5.41, 5.74) is 3.34. The number of hydrogen-bond acceptors (Lipinski definition) is 2. The van der Waals surface area contributed by atoms with Gasteiger partial charge in [-0.05, 0) is 47.0 Å². The van der Waals surface area contributed by atoms with Crippen molar-refractivity contribution >= 4 is 35.7 Å². The zero-order valence-electron chi connectivity index (χ0n) is 19.7. The second-order valence-electron chi connectivity index (χ2n) is 9.61. The number of rotatable bonds is 5. The molecule has 4 atom stereocenters. The fourth-order valence-corrected chi connectivity index (χ4v) is 11.0. The summed E-state index contributed by atoms with van der Waals surface area (Å²) in [4.78, 5) is 11.8. The van der Waals surface area contributed by atoms with Gasteiger partial charge in [-0.3, -0.25) is 0 Å². The number of carbonyl (C=O) groups is 1. The van der Waals surface area contributed by atoms with Crippen molar-refractivity contribution in [3.05, 3.63) is 120 Å². The minimum Gasteiger partial charge on any atom is -0.303 e. The van der Waals surface area contributed by atoms with E-state index in [2.05, 4.69) is 71.4 Å². The molecule has 1 aliphatic heterocycles. The fourth-order valence-electron chi connectivity index (χ4n) is 6.67. The Morgan fingerprint density at radius 3 is 2.43 bits per heavy atom. The van der Waals surface area contributed by atoms with Gasteiger partial charge in [0.2, 0.25) is 0 Å². The van der Waals surface area contributed by atoms with Crippen LogP contribution in [0.1, 0.15) is 35.6 Å². The highest BCUT2D eigenvalue weighted by molar-refractivity contribution is 7.71. The van der Waals surface area contributed by atoms with E-state index in [9.17, 15) is 4.79 Å². The quantitative estimate of drug-likeness (QED) is 0.231. The molecule has 1 heterocycles. The Bertz CT molecular complexity index is 1490. The summed E-state index contributed by atoms with van der Waals surface area (Å²) < 4.78 is 18.2. The molecule has 0 aromatic heterocycles. The molecule has 1 unspecified atom stereocenters. The third kappa shape index (κ3) is 3.02. The molecular weight excluding hydrogens is 449 g/mol. The van der Waals surface area contributed by atoms with Gasteiger partial charge in [-0.1, -0.05) is 103 Å². The second-order valence-corrected chi connectivity index (χ2v) is 12.7. The summed E-state index contributed by atoms with van der Waals surface area (Å²) in [5, 5.41) is 2.28. The standard InChI is InChI=1S/C31H28NO2P/c1-32-30(25-13-3-2-4-14-25)28-20-19-24-12-6-8-17-27(24)31(28,21-10-22-33)35(32,34)29-18-9-15-23-11-5-7-16-26(23)29/h2-9,11-20,22,28,30H,10,21H2,1H3/t28-,30+,31-,35?/m1/s1. The highest BCUT2D eigenvalue weighted by atomic mass is 31.2. The molecule has 1 fully saturated rings. The van der Waals surface area contributed by atoms with E-state index in [0.717, 1.165) is 39.1 Å². The number of nitrogens with zero attached hydrogens (tertiary/aromatic N) is 1. The van der Waals surface area contributed by atoms with E-state index >= 15 is 4.57 Å². The summed E-state index contributed by atoms with van der Waals surface area (Å²) in [5.74, 6) is -0.0328. The third-order valence-corrected chi connectivity index (χ3v) is 12.1. The van der Waals surface area contributed by atoms with Gasteiger partial charge < -0.3 is 9.36 Å². The van der Waals surface area contributed by atoms with Gasteiger partial charge in [-0.25, -0.2) is 4.67 Å². The lowest BCUT2D eigenvalue weighted by atomic mass is 9.71. The number of fused-ring (bicyclic) bond motifs is 4. The number of carbonyl (C=O) groups excluding carboxylic acids is 1. The minimum atomic E-state index is -3.28.